The van der Waals surface area contributed by atoms with Crippen LogP contribution in [0.15, 0.2) is 18.2 Å². The largest absolute Gasteiger partial charge is 0.397 e. The highest BCUT2D eigenvalue weighted by Crippen LogP contribution is 2.35. The summed E-state index contributed by atoms with van der Waals surface area (Å²) in [6.07, 6.45) is 1.86. The van der Waals surface area contributed by atoms with Crippen molar-refractivity contribution in [2.24, 2.45) is 0 Å². The van der Waals surface area contributed by atoms with Crippen LogP contribution in [0.4, 0.5) is 5.69 Å². The van der Waals surface area contributed by atoms with E-state index in [1.807, 2.05) is 19.1 Å². The molecule has 6 heteroatoms. The molecule has 1 aromatic carbocycles. The molecule has 2 unspecified atom stereocenters. The van der Waals surface area contributed by atoms with E-state index in [1.165, 1.54) is 11.3 Å². The average Bonchev–Trinajstić information content (AvgIpc) is 2.76. The minimum absolute atomic E-state index is 0.107. The number of hydrogen-bond acceptors (Lipinski definition) is 4. The van der Waals surface area contributed by atoms with Gasteiger partial charge in [-0.1, -0.05) is 11.6 Å². The van der Waals surface area contributed by atoms with E-state index in [9.17, 15) is 4.79 Å². The average molecular weight is 325 g/mol. The van der Waals surface area contributed by atoms with Gasteiger partial charge in [0.05, 0.1) is 11.8 Å². The summed E-state index contributed by atoms with van der Waals surface area (Å²) in [5, 5.41) is 4.53. The molecule has 1 fully saturated rings. The summed E-state index contributed by atoms with van der Waals surface area (Å²) in [6, 6.07) is 5.65. The van der Waals surface area contributed by atoms with Gasteiger partial charge < -0.3 is 15.8 Å². The highest BCUT2D eigenvalue weighted by Gasteiger charge is 2.23. The Labute approximate surface area is 132 Å². The van der Waals surface area contributed by atoms with E-state index in [1.54, 1.807) is 6.07 Å². The minimum atomic E-state index is -0.107. The second-order valence-electron chi connectivity index (χ2n) is 5.36. The third-order valence-corrected chi connectivity index (χ3v) is 5.14. The third kappa shape index (κ3) is 3.00. The summed E-state index contributed by atoms with van der Waals surface area (Å²) in [4.78, 5) is 13.0. The molecule has 3 N–H and O–H groups in total. The number of nitrogens with two attached hydrogens (primary N) is 1. The summed E-state index contributed by atoms with van der Waals surface area (Å²) in [6.45, 7) is 2.71. The van der Waals surface area contributed by atoms with Gasteiger partial charge >= 0.3 is 0 Å². The summed E-state index contributed by atoms with van der Waals surface area (Å²) >= 11 is 7.39. The predicted molar refractivity (Wildman–Crippen MR) is 87.1 cm³/mol. The highest BCUT2D eigenvalue weighted by atomic mass is 35.5. The number of amides is 1. The van der Waals surface area contributed by atoms with Crippen molar-refractivity contribution in [3.63, 3.8) is 0 Å². The fraction of sp³-hybridized carbons (Fsp3) is 0.400. The van der Waals surface area contributed by atoms with Crippen molar-refractivity contribution in [1.29, 1.82) is 0 Å². The molecule has 112 valence electrons. The van der Waals surface area contributed by atoms with Crippen molar-refractivity contribution in [2.45, 2.75) is 31.9 Å². The van der Waals surface area contributed by atoms with Crippen LogP contribution < -0.4 is 11.1 Å². The molecule has 1 aliphatic heterocycles. The van der Waals surface area contributed by atoms with Gasteiger partial charge in [-0.15, -0.1) is 11.3 Å². The van der Waals surface area contributed by atoms with Crippen molar-refractivity contribution < 1.29 is 9.53 Å². The number of nitrogens with one attached hydrogen (secondary N) is 1. The monoisotopic (exact) mass is 324 g/mol. The van der Waals surface area contributed by atoms with Crippen molar-refractivity contribution in [3.05, 3.63) is 28.1 Å². The number of ether oxygens (including phenoxy) is 1. The number of thiophene rings is 1. The van der Waals surface area contributed by atoms with Crippen LogP contribution in [0.25, 0.3) is 10.1 Å². The van der Waals surface area contributed by atoms with Gasteiger partial charge in [-0.3, -0.25) is 4.79 Å². The van der Waals surface area contributed by atoms with Gasteiger partial charge in [0.15, 0.2) is 0 Å². The molecular weight excluding hydrogens is 308 g/mol. The lowest BCUT2D eigenvalue weighted by molar-refractivity contribution is 0.0137. The van der Waals surface area contributed by atoms with Crippen LogP contribution in [0.2, 0.25) is 5.02 Å². The van der Waals surface area contributed by atoms with E-state index in [2.05, 4.69) is 5.32 Å². The summed E-state index contributed by atoms with van der Waals surface area (Å²) < 4.78 is 6.47. The van der Waals surface area contributed by atoms with Crippen molar-refractivity contribution >= 4 is 44.6 Å². The van der Waals surface area contributed by atoms with Gasteiger partial charge in [-0.05, 0) is 38.0 Å². The van der Waals surface area contributed by atoms with E-state index in [0.717, 1.165) is 22.9 Å². The number of halogens is 1. The van der Waals surface area contributed by atoms with Gasteiger partial charge in [-0.2, -0.15) is 0 Å². The topological polar surface area (TPSA) is 64.4 Å². The summed E-state index contributed by atoms with van der Waals surface area (Å²) in [5.41, 5.74) is 6.62. The maximum Gasteiger partial charge on any atom is 0.263 e. The molecule has 21 heavy (non-hydrogen) atoms. The zero-order chi connectivity index (χ0) is 15.0. The van der Waals surface area contributed by atoms with Gasteiger partial charge in [-0.25, -0.2) is 0 Å². The molecule has 4 nitrogen and oxygen atoms in total. The first kappa shape index (κ1) is 14.6. The van der Waals surface area contributed by atoms with Crippen LogP contribution in [0, 0.1) is 0 Å². The lowest BCUT2D eigenvalue weighted by Crippen LogP contribution is -2.41. The van der Waals surface area contributed by atoms with Crippen LogP contribution in [0.5, 0.6) is 0 Å². The molecule has 0 bridgehead atoms. The van der Waals surface area contributed by atoms with Gasteiger partial charge in [0, 0.05) is 27.8 Å². The van der Waals surface area contributed by atoms with Crippen LogP contribution in [0.3, 0.4) is 0 Å². The molecule has 0 saturated carbocycles. The molecule has 2 heterocycles. The maximum atomic E-state index is 12.4. The number of carbonyl (C=O) groups is 1. The SMILES string of the molecule is CC1CC(NC(=O)c2sc3ccc(Cl)cc3c2N)CCO1. The molecule has 0 radical (unpaired) electrons. The Morgan fingerprint density at radius 2 is 2.33 bits per heavy atom. The molecular formula is C15H17ClN2O2S. The number of anilines is 1. The van der Waals surface area contributed by atoms with E-state index < -0.39 is 0 Å². The maximum absolute atomic E-state index is 12.4. The fourth-order valence-corrected chi connectivity index (χ4v) is 3.82. The molecule has 1 saturated heterocycles. The first-order chi connectivity index (χ1) is 10.0. The van der Waals surface area contributed by atoms with E-state index >= 15 is 0 Å². The lowest BCUT2D eigenvalue weighted by Gasteiger charge is -2.27. The number of hydrogen-bond donors (Lipinski definition) is 2. The number of nitrogen functional groups attached to an aromatic ring is 1. The van der Waals surface area contributed by atoms with Gasteiger partial charge in [0.1, 0.15) is 4.88 Å². The Morgan fingerprint density at radius 1 is 1.52 bits per heavy atom. The predicted octanol–water partition coefficient (Wildman–Crippen LogP) is 3.43. The summed E-state index contributed by atoms with van der Waals surface area (Å²) in [7, 11) is 0. The van der Waals surface area contributed by atoms with Crippen LogP contribution >= 0.6 is 22.9 Å². The second-order valence-corrected chi connectivity index (χ2v) is 6.85. The first-order valence-electron chi connectivity index (χ1n) is 6.94. The van der Waals surface area contributed by atoms with Crippen LogP contribution in [0.1, 0.15) is 29.4 Å². The Hall–Kier alpha value is -1.30. The normalized spacial score (nSPS) is 22.4. The molecule has 2 atom stereocenters. The van der Waals surface area contributed by atoms with E-state index in [0.29, 0.717) is 22.2 Å². The number of carbonyl (C=O) groups excluding carboxylic acids is 1. The Bertz CT molecular complexity index is 686. The van der Waals surface area contributed by atoms with Crippen LogP contribution in [-0.2, 0) is 4.74 Å². The molecule has 3 rings (SSSR count). The standard InChI is InChI=1S/C15H17ClN2O2S/c1-8-6-10(4-5-20-8)18-15(19)14-13(17)11-7-9(16)2-3-12(11)21-14/h2-3,7-8,10H,4-6,17H2,1H3,(H,18,19). The molecule has 1 aromatic heterocycles. The van der Waals surface area contributed by atoms with E-state index in [-0.39, 0.29) is 18.1 Å². The van der Waals surface area contributed by atoms with Crippen molar-refractivity contribution in [2.75, 3.05) is 12.3 Å². The number of fused-ring (bicyclic) bond motifs is 1. The van der Waals surface area contributed by atoms with Gasteiger partial charge in [0.2, 0.25) is 0 Å². The molecule has 1 amide bonds. The fourth-order valence-electron chi connectivity index (χ4n) is 2.64. The minimum Gasteiger partial charge on any atom is -0.397 e. The van der Waals surface area contributed by atoms with Gasteiger partial charge in [0.25, 0.3) is 5.91 Å². The zero-order valence-electron chi connectivity index (χ0n) is 11.7. The van der Waals surface area contributed by atoms with Crippen LogP contribution in [-0.4, -0.2) is 24.7 Å². The first-order valence-corrected chi connectivity index (χ1v) is 8.14. The Kier molecular flexibility index (Phi) is 4.06. The number of rotatable bonds is 2. The smallest absolute Gasteiger partial charge is 0.263 e. The zero-order valence-corrected chi connectivity index (χ0v) is 13.3. The molecule has 2 aromatic rings. The third-order valence-electron chi connectivity index (χ3n) is 3.72. The number of benzene rings is 1. The summed E-state index contributed by atoms with van der Waals surface area (Å²) in [5.74, 6) is -0.107. The molecule has 0 aliphatic carbocycles. The quantitative estimate of drug-likeness (QED) is 0.889. The highest BCUT2D eigenvalue weighted by molar-refractivity contribution is 7.21. The second kappa shape index (κ2) is 5.83. The Morgan fingerprint density at radius 3 is 3.10 bits per heavy atom. The van der Waals surface area contributed by atoms with Crippen molar-refractivity contribution in [3.8, 4) is 0 Å². The van der Waals surface area contributed by atoms with E-state index in [4.69, 9.17) is 22.1 Å². The molecule has 0 spiro atoms. The Balaban J connectivity index is 1.82. The molecule has 1 aliphatic rings. The van der Waals surface area contributed by atoms with Crippen molar-refractivity contribution in [1.82, 2.24) is 5.32 Å². The lowest BCUT2D eigenvalue weighted by atomic mass is 10.0.